The van der Waals surface area contributed by atoms with Crippen molar-refractivity contribution in [2.24, 2.45) is 4.99 Å². The summed E-state index contributed by atoms with van der Waals surface area (Å²) in [6.07, 6.45) is 1.69. The lowest BCUT2D eigenvalue weighted by atomic mass is 10.2. The van der Waals surface area contributed by atoms with E-state index in [9.17, 15) is 10.1 Å². The maximum atomic E-state index is 10.8. The van der Waals surface area contributed by atoms with Crippen molar-refractivity contribution >= 4 is 41.0 Å². The highest BCUT2D eigenvalue weighted by Gasteiger charge is 2.04. The van der Waals surface area contributed by atoms with E-state index in [1.54, 1.807) is 30.1 Å². The minimum atomic E-state index is -0.429. The molecule has 3 aromatic carbocycles. The summed E-state index contributed by atoms with van der Waals surface area (Å²) in [5.41, 5.74) is 1.50. The molecule has 0 spiro atoms. The number of nitro benzene ring substituents is 1. The summed E-state index contributed by atoms with van der Waals surface area (Å²) in [5.74, 6) is 0. The number of nitrogens with zero attached hydrogens (tertiary/aromatic N) is 2. The van der Waals surface area contributed by atoms with Crippen LogP contribution in [0.1, 0.15) is 5.56 Å². The zero-order valence-electron chi connectivity index (χ0n) is 13.0. The van der Waals surface area contributed by atoms with Crippen molar-refractivity contribution in [2.75, 3.05) is 0 Å². The monoisotopic (exact) mass is 368 g/mol. The van der Waals surface area contributed by atoms with Gasteiger partial charge in [0, 0.05) is 33.2 Å². The van der Waals surface area contributed by atoms with Crippen LogP contribution in [0.3, 0.4) is 0 Å². The van der Waals surface area contributed by atoms with Gasteiger partial charge < -0.3 is 0 Å². The number of halogens is 1. The number of benzene rings is 3. The topological polar surface area (TPSA) is 55.5 Å². The van der Waals surface area contributed by atoms with Crippen molar-refractivity contribution in [1.82, 2.24) is 0 Å². The summed E-state index contributed by atoms with van der Waals surface area (Å²) in [4.78, 5) is 16.9. The van der Waals surface area contributed by atoms with Gasteiger partial charge in [-0.1, -0.05) is 41.6 Å². The lowest BCUT2D eigenvalue weighted by molar-refractivity contribution is -0.384. The van der Waals surface area contributed by atoms with Gasteiger partial charge in [0.25, 0.3) is 5.69 Å². The molecule has 0 amide bonds. The zero-order chi connectivity index (χ0) is 17.6. The first kappa shape index (κ1) is 17.2. The number of aliphatic imine (C=N–C) groups is 1. The van der Waals surface area contributed by atoms with Crippen LogP contribution in [0, 0.1) is 10.1 Å². The van der Waals surface area contributed by atoms with Crippen molar-refractivity contribution in [2.45, 2.75) is 9.79 Å². The minimum Gasteiger partial charge on any atom is -0.258 e. The number of nitro groups is 1. The summed E-state index contributed by atoms with van der Waals surface area (Å²) >= 11 is 7.53. The molecule has 0 fully saturated rings. The average molecular weight is 369 g/mol. The number of non-ortho nitro benzene ring substituents is 1. The van der Waals surface area contributed by atoms with Crippen molar-refractivity contribution in [3.8, 4) is 0 Å². The Labute approximate surface area is 154 Å². The van der Waals surface area contributed by atoms with Gasteiger partial charge in [0.15, 0.2) is 0 Å². The Kier molecular flexibility index (Phi) is 5.48. The molecule has 3 aromatic rings. The second kappa shape index (κ2) is 7.96. The van der Waals surface area contributed by atoms with Crippen LogP contribution in [0.5, 0.6) is 0 Å². The largest absolute Gasteiger partial charge is 0.271 e. The highest BCUT2D eigenvalue weighted by molar-refractivity contribution is 7.99. The molecule has 0 aliphatic rings. The average Bonchev–Trinajstić information content (AvgIpc) is 2.63. The second-order valence-electron chi connectivity index (χ2n) is 5.16. The highest BCUT2D eigenvalue weighted by atomic mass is 35.5. The van der Waals surface area contributed by atoms with Gasteiger partial charge in [-0.3, -0.25) is 15.1 Å². The van der Waals surface area contributed by atoms with Crippen molar-refractivity contribution in [1.29, 1.82) is 0 Å². The fourth-order valence-electron chi connectivity index (χ4n) is 2.10. The standard InChI is InChI=1S/C19H13ClN2O2S/c20-15-6-10-19(11-7-15)25-18-8-4-14(5-9-18)13-21-16-2-1-3-17(12-16)22(23)24/h1-13H. The Morgan fingerprint density at radius 1 is 0.960 bits per heavy atom. The van der Waals surface area contributed by atoms with Gasteiger partial charge in [0.1, 0.15) is 0 Å². The Balaban J connectivity index is 1.69. The molecule has 0 saturated carbocycles. The molecule has 124 valence electrons. The Bertz CT molecular complexity index is 909. The first-order valence-corrected chi connectivity index (χ1v) is 8.62. The van der Waals surface area contributed by atoms with E-state index in [1.165, 1.54) is 12.1 Å². The van der Waals surface area contributed by atoms with Crippen molar-refractivity contribution < 1.29 is 4.92 Å². The lowest BCUT2D eigenvalue weighted by Gasteiger charge is -2.02. The third-order valence-electron chi connectivity index (χ3n) is 3.33. The van der Waals surface area contributed by atoms with Crippen LogP contribution in [-0.2, 0) is 0 Å². The normalized spacial score (nSPS) is 10.9. The predicted molar refractivity (Wildman–Crippen MR) is 102 cm³/mol. The van der Waals surface area contributed by atoms with Gasteiger partial charge in [-0.05, 0) is 48.0 Å². The first-order valence-electron chi connectivity index (χ1n) is 7.42. The Hall–Kier alpha value is -2.63. The fraction of sp³-hybridized carbons (Fsp3) is 0. The first-order chi connectivity index (χ1) is 12.1. The smallest absolute Gasteiger partial charge is 0.258 e. The van der Waals surface area contributed by atoms with Crippen molar-refractivity contribution in [3.63, 3.8) is 0 Å². The molecule has 25 heavy (non-hydrogen) atoms. The fourth-order valence-corrected chi connectivity index (χ4v) is 3.04. The van der Waals surface area contributed by atoms with E-state index in [0.29, 0.717) is 5.69 Å². The van der Waals surface area contributed by atoms with Gasteiger partial charge in [0.05, 0.1) is 10.6 Å². The molecular formula is C19H13ClN2O2S. The van der Waals surface area contributed by atoms with E-state index < -0.39 is 4.92 Å². The van der Waals surface area contributed by atoms with Crippen LogP contribution < -0.4 is 0 Å². The molecule has 0 aliphatic carbocycles. The lowest BCUT2D eigenvalue weighted by Crippen LogP contribution is -1.86. The highest BCUT2D eigenvalue weighted by Crippen LogP contribution is 2.28. The summed E-state index contributed by atoms with van der Waals surface area (Å²) in [6.45, 7) is 0. The van der Waals surface area contributed by atoms with E-state index in [0.717, 1.165) is 20.4 Å². The van der Waals surface area contributed by atoms with Crippen LogP contribution >= 0.6 is 23.4 Å². The van der Waals surface area contributed by atoms with Gasteiger partial charge >= 0.3 is 0 Å². The molecule has 0 unspecified atom stereocenters. The summed E-state index contributed by atoms with van der Waals surface area (Å²) < 4.78 is 0. The molecule has 0 saturated heterocycles. The predicted octanol–water partition coefficient (Wildman–Crippen LogP) is 6.15. The van der Waals surface area contributed by atoms with Gasteiger partial charge in [-0.25, -0.2) is 0 Å². The minimum absolute atomic E-state index is 0.0318. The van der Waals surface area contributed by atoms with Crippen molar-refractivity contribution in [3.05, 3.63) is 93.5 Å². The molecule has 0 aliphatic heterocycles. The molecule has 4 nitrogen and oxygen atoms in total. The molecule has 0 aromatic heterocycles. The molecule has 0 heterocycles. The summed E-state index contributed by atoms with van der Waals surface area (Å²) in [6, 6.07) is 21.9. The van der Waals surface area contributed by atoms with E-state index in [2.05, 4.69) is 4.99 Å². The molecule has 3 rings (SSSR count). The Morgan fingerprint density at radius 2 is 1.60 bits per heavy atom. The van der Waals surface area contributed by atoms with Crippen LogP contribution in [0.4, 0.5) is 11.4 Å². The maximum absolute atomic E-state index is 10.8. The third kappa shape index (κ3) is 4.92. The van der Waals surface area contributed by atoms with E-state index >= 15 is 0 Å². The Morgan fingerprint density at radius 3 is 2.24 bits per heavy atom. The quantitative estimate of drug-likeness (QED) is 0.308. The van der Waals surface area contributed by atoms with Crippen LogP contribution in [0.2, 0.25) is 5.02 Å². The van der Waals surface area contributed by atoms with E-state index in [1.807, 2.05) is 48.5 Å². The summed E-state index contributed by atoms with van der Waals surface area (Å²) in [5, 5.41) is 11.5. The van der Waals surface area contributed by atoms with E-state index in [4.69, 9.17) is 11.6 Å². The number of rotatable bonds is 5. The zero-order valence-corrected chi connectivity index (χ0v) is 14.6. The number of hydrogen-bond donors (Lipinski definition) is 0. The molecule has 0 atom stereocenters. The van der Waals surface area contributed by atoms with Crippen LogP contribution in [-0.4, -0.2) is 11.1 Å². The molecule has 0 N–H and O–H groups in total. The molecule has 6 heteroatoms. The molecule has 0 bridgehead atoms. The molecule has 0 radical (unpaired) electrons. The third-order valence-corrected chi connectivity index (χ3v) is 4.60. The van der Waals surface area contributed by atoms with Gasteiger partial charge in [-0.15, -0.1) is 0 Å². The number of hydrogen-bond acceptors (Lipinski definition) is 4. The van der Waals surface area contributed by atoms with Crippen LogP contribution in [0.15, 0.2) is 87.6 Å². The molecular weight excluding hydrogens is 356 g/mol. The van der Waals surface area contributed by atoms with Crippen LogP contribution in [0.25, 0.3) is 0 Å². The SMILES string of the molecule is O=[N+]([O-])c1cccc(N=Cc2ccc(Sc3ccc(Cl)cc3)cc2)c1. The second-order valence-corrected chi connectivity index (χ2v) is 6.74. The van der Waals surface area contributed by atoms with E-state index in [-0.39, 0.29) is 5.69 Å². The maximum Gasteiger partial charge on any atom is 0.271 e. The van der Waals surface area contributed by atoms with Gasteiger partial charge in [0.2, 0.25) is 0 Å². The summed E-state index contributed by atoms with van der Waals surface area (Å²) in [7, 11) is 0. The van der Waals surface area contributed by atoms with Gasteiger partial charge in [-0.2, -0.15) is 0 Å².